The Morgan fingerprint density at radius 3 is 1.91 bits per heavy atom. The molecule has 0 saturated carbocycles. The normalized spacial score (nSPS) is 12.4. The molecule has 0 N–H and O–H groups in total. The predicted molar refractivity (Wildman–Crippen MR) is 198 cm³/mol. The zero-order valence-corrected chi connectivity index (χ0v) is 26.6. The number of rotatable bonds is 1. The molecule has 0 aliphatic heterocycles. The van der Waals surface area contributed by atoms with Crippen molar-refractivity contribution in [1.29, 1.82) is 0 Å². The van der Waals surface area contributed by atoms with Crippen LogP contribution in [0.5, 0.6) is 0 Å². The molecule has 4 heterocycles. The summed E-state index contributed by atoms with van der Waals surface area (Å²) >= 11 is 2.25. The molecule has 3 heteroatoms. The van der Waals surface area contributed by atoms with Crippen LogP contribution < -0.4 is 0 Å². The van der Waals surface area contributed by atoms with Gasteiger partial charge in [0.05, 0.1) is 0 Å². The van der Waals surface area contributed by atoms with Gasteiger partial charge in [-0.1, -0.05) is 18.2 Å². The predicted octanol–water partition coefficient (Wildman–Crippen LogP) is 12.0. The first-order valence-corrected chi connectivity index (χ1v) is 17.9. The molecule has 0 spiro atoms. The van der Waals surface area contributed by atoms with Crippen molar-refractivity contribution in [3.8, 4) is 11.1 Å². The Labute approximate surface area is 267 Å². The van der Waals surface area contributed by atoms with Crippen LogP contribution in [0.3, 0.4) is 0 Å². The van der Waals surface area contributed by atoms with E-state index in [0.717, 1.165) is 0 Å². The van der Waals surface area contributed by atoms with E-state index in [9.17, 15) is 0 Å². The van der Waals surface area contributed by atoms with Crippen molar-refractivity contribution in [1.82, 2.24) is 4.40 Å². The van der Waals surface area contributed by atoms with Gasteiger partial charge >= 0.3 is 245 Å². The molecule has 0 bridgehead atoms. The van der Waals surface area contributed by atoms with E-state index in [1.54, 1.807) is 0 Å². The summed E-state index contributed by atoms with van der Waals surface area (Å²) in [6, 6.07) is 52.6. The minimum atomic E-state index is 0.346. The van der Waals surface area contributed by atoms with Gasteiger partial charge in [0.25, 0.3) is 0 Å². The summed E-state index contributed by atoms with van der Waals surface area (Å²) < 4.78 is 8.20. The second-order valence-corrected chi connectivity index (χ2v) is 15.4. The van der Waals surface area contributed by atoms with Crippen LogP contribution >= 0.6 is 11.3 Å². The SMILES string of the molecule is c1ccc2c(c1)[se]c1cc(-c3ccc4c(c3)c3cccc5c6ccccc6c6cccc7sc8cccc(c8c76)n4c53)ccc12. The Morgan fingerprint density at radius 1 is 0.400 bits per heavy atom. The van der Waals surface area contributed by atoms with Crippen molar-refractivity contribution in [3.05, 3.63) is 140 Å². The average Bonchev–Trinajstić information content (AvgIpc) is 3.77. The molecule has 0 saturated heterocycles. The molecule has 0 unspecified atom stereocenters. The molecule has 1 nitrogen and oxygen atoms in total. The Hall–Kier alpha value is -4.92. The van der Waals surface area contributed by atoms with Crippen LogP contribution in [0, 0.1) is 0 Å². The fourth-order valence-electron chi connectivity index (χ4n) is 7.83. The molecular formula is C42H23NSSe. The number of benzene rings is 7. The molecule has 4 aromatic heterocycles. The Kier molecular flexibility index (Phi) is 4.79. The molecular weight excluding hydrogens is 629 g/mol. The molecule has 45 heavy (non-hydrogen) atoms. The molecule has 0 atom stereocenters. The number of fused-ring (bicyclic) bond motifs is 10. The van der Waals surface area contributed by atoms with Crippen LogP contribution in [0.2, 0.25) is 0 Å². The number of para-hydroxylation sites is 1. The maximum absolute atomic E-state index is 2.56. The summed E-state index contributed by atoms with van der Waals surface area (Å²) in [5.41, 5.74) is 6.37. The Morgan fingerprint density at radius 2 is 1.02 bits per heavy atom. The van der Waals surface area contributed by atoms with Crippen molar-refractivity contribution in [2.45, 2.75) is 0 Å². The average molecular weight is 653 g/mol. The van der Waals surface area contributed by atoms with Crippen LogP contribution in [0.25, 0.3) is 99.5 Å². The molecule has 11 aromatic rings. The van der Waals surface area contributed by atoms with E-state index in [4.69, 9.17) is 0 Å². The van der Waals surface area contributed by atoms with Crippen molar-refractivity contribution in [2.75, 3.05) is 0 Å². The van der Waals surface area contributed by atoms with E-state index < -0.39 is 0 Å². The first-order chi connectivity index (χ1) is 22.3. The first kappa shape index (κ1) is 24.4. The van der Waals surface area contributed by atoms with Crippen LogP contribution in [-0.4, -0.2) is 18.9 Å². The molecule has 0 amide bonds. The number of hydrogen-bond acceptors (Lipinski definition) is 1. The molecule has 7 aromatic carbocycles. The van der Waals surface area contributed by atoms with Gasteiger partial charge in [0.2, 0.25) is 0 Å². The second kappa shape index (κ2) is 8.84. The van der Waals surface area contributed by atoms with Crippen molar-refractivity contribution >= 4 is 114 Å². The van der Waals surface area contributed by atoms with E-state index in [0.29, 0.717) is 14.5 Å². The van der Waals surface area contributed by atoms with Gasteiger partial charge in [0.1, 0.15) is 0 Å². The third-order valence-electron chi connectivity index (χ3n) is 9.75. The second-order valence-electron chi connectivity index (χ2n) is 12.1. The summed E-state index contributed by atoms with van der Waals surface area (Å²) in [6.45, 7) is 0. The molecule has 0 aliphatic carbocycles. The van der Waals surface area contributed by atoms with Crippen molar-refractivity contribution in [2.24, 2.45) is 0 Å². The minimum absolute atomic E-state index is 0.346. The summed E-state index contributed by atoms with van der Waals surface area (Å²) in [5, 5.41) is 13.3. The van der Waals surface area contributed by atoms with Crippen LogP contribution in [-0.2, 0) is 0 Å². The Balaban J connectivity index is 1.33. The zero-order valence-electron chi connectivity index (χ0n) is 24.0. The summed E-state index contributed by atoms with van der Waals surface area (Å²) in [7, 11) is 0. The molecule has 0 fully saturated rings. The third kappa shape index (κ3) is 3.22. The van der Waals surface area contributed by atoms with Gasteiger partial charge in [-0.15, -0.1) is 0 Å². The molecule has 0 radical (unpaired) electrons. The van der Waals surface area contributed by atoms with Gasteiger partial charge < -0.3 is 0 Å². The topological polar surface area (TPSA) is 4.41 Å². The van der Waals surface area contributed by atoms with Crippen molar-refractivity contribution in [3.63, 3.8) is 0 Å². The van der Waals surface area contributed by atoms with E-state index in [-0.39, 0.29) is 0 Å². The summed E-state index contributed by atoms with van der Waals surface area (Å²) in [6.07, 6.45) is 0. The van der Waals surface area contributed by atoms with Gasteiger partial charge in [0, 0.05) is 0 Å². The summed E-state index contributed by atoms with van der Waals surface area (Å²) in [4.78, 5) is 0. The van der Waals surface area contributed by atoms with E-state index >= 15 is 0 Å². The first-order valence-electron chi connectivity index (χ1n) is 15.4. The van der Waals surface area contributed by atoms with E-state index in [1.165, 1.54) is 99.5 Å². The number of nitrogens with zero attached hydrogens (tertiary/aromatic N) is 1. The van der Waals surface area contributed by atoms with Crippen LogP contribution in [0.15, 0.2) is 140 Å². The fraction of sp³-hybridized carbons (Fsp3) is 0. The van der Waals surface area contributed by atoms with Crippen LogP contribution in [0.1, 0.15) is 0 Å². The fourth-order valence-corrected chi connectivity index (χ4v) is 11.4. The molecule has 11 rings (SSSR count). The molecule has 208 valence electrons. The quantitative estimate of drug-likeness (QED) is 0.156. The van der Waals surface area contributed by atoms with Gasteiger partial charge in [-0.05, 0) is 6.07 Å². The van der Waals surface area contributed by atoms with E-state index in [2.05, 4.69) is 144 Å². The van der Waals surface area contributed by atoms with Gasteiger partial charge in [-0.2, -0.15) is 0 Å². The number of aromatic nitrogens is 1. The van der Waals surface area contributed by atoms with Gasteiger partial charge in [-0.25, -0.2) is 0 Å². The van der Waals surface area contributed by atoms with Crippen molar-refractivity contribution < 1.29 is 0 Å². The summed E-state index contributed by atoms with van der Waals surface area (Å²) in [5.74, 6) is 0. The Bertz CT molecular complexity index is 3050. The van der Waals surface area contributed by atoms with Crippen LogP contribution in [0.4, 0.5) is 0 Å². The van der Waals surface area contributed by atoms with Gasteiger partial charge in [-0.3, -0.25) is 0 Å². The zero-order chi connectivity index (χ0) is 29.2. The standard InChI is InChI=1S/C42H23NSSe/c1-2-9-27-26(8-1)30-11-6-15-36-40(30)41-35(14-7-16-37(41)44-36)43-34-21-19-24(22-33(34)32-13-5-12-31(27)42(32)43)25-18-20-29-28-10-3-4-17-38(28)45-39(29)23-25/h1-23H. The third-order valence-corrected chi connectivity index (χ3v) is 13.2. The number of hydrogen-bond donors (Lipinski definition) is 0. The molecule has 0 aliphatic rings. The van der Waals surface area contributed by atoms with Gasteiger partial charge in [0.15, 0.2) is 0 Å². The monoisotopic (exact) mass is 653 g/mol. The van der Waals surface area contributed by atoms with E-state index in [1.807, 2.05) is 11.3 Å². The number of thiophene rings is 1. The maximum atomic E-state index is 2.56.